The van der Waals surface area contributed by atoms with Crippen molar-refractivity contribution in [2.75, 3.05) is 4.90 Å². The Morgan fingerprint density at radius 2 is 0.912 bits per heavy atom. The van der Waals surface area contributed by atoms with Crippen LogP contribution in [-0.2, 0) is 0 Å². The molecule has 10 aromatic carbocycles. The highest BCUT2D eigenvalue weighted by molar-refractivity contribution is 6.04. The number of rotatable bonds is 8. The molecule has 0 aliphatic heterocycles. The smallest absolute Gasteiger partial charge is 0.0645 e. The molecule has 0 aliphatic carbocycles. The van der Waals surface area contributed by atoms with E-state index in [4.69, 9.17) is 13.7 Å². The zero-order valence-corrected chi connectivity index (χ0v) is 30.3. The van der Waals surface area contributed by atoms with Crippen LogP contribution in [0.15, 0.2) is 236 Å². The van der Waals surface area contributed by atoms with Crippen LogP contribution in [0.2, 0.25) is 0 Å². The molecular formula is C56H39N. The van der Waals surface area contributed by atoms with E-state index in [9.17, 15) is 6.85 Å². The Labute approximate surface area is 355 Å². The van der Waals surface area contributed by atoms with E-state index in [-0.39, 0.29) is 5.69 Å². The predicted molar refractivity (Wildman–Crippen MR) is 243 cm³/mol. The molecule has 1 nitrogen and oxygen atoms in total. The maximum atomic E-state index is 9.81. The van der Waals surface area contributed by atoms with Crippen molar-refractivity contribution in [2.45, 2.75) is 0 Å². The molecule has 0 atom stereocenters. The lowest BCUT2D eigenvalue weighted by Crippen LogP contribution is -2.10. The molecule has 0 saturated carbocycles. The van der Waals surface area contributed by atoms with Crippen molar-refractivity contribution in [2.24, 2.45) is 0 Å². The molecule has 0 radical (unpaired) electrons. The maximum Gasteiger partial charge on any atom is 0.0645 e. The largest absolute Gasteiger partial charge is 0.310 e. The number of hydrogen-bond acceptors (Lipinski definition) is 1. The van der Waals surface area contributed by atoms with Gasteiger partial charge in [-0.1, -0.05) is 200 Å². The minimum absolute atomic E-state index is 0.200. The molecule has 0 spiro atoms. The normalized spacial score (nSPS) is 14.8. The van der Waals surface area contributed by atoms with E-state index >= 15 is 0 Å². The van der Waals surface area contributed by atoms with E-state index in [0.29, 0.717) is 11.4 Å². The zero-order chi connectivity index (χ0) is 51.0. The molecule has 268 valence electrons. The van der Waals surface area contributed by atoms with Gasteiger partial charge in [0.05, 0.1) is 20.6 Å². The molecular weight excluding hydrogens is 687 g/mol. The van der Waals surface area contributed by atoms with Crippen LogP contribution in [0.5, 0.6) is 0 Å². The summed E-state index contributed by atoms with van der Waals surface area (Å²) in [6.07, 6.45) is 0. The number of hydrogen-bond donors (Lipinski definition) is 0. The fourth-order valence-corrected chi connectivity index (χ4v) is 7.25. The molecule has 0 saturated heterocycles. The lowest BCUT2D eigenvalue weighted by molar-refractivity contribution is 1.28. The van der Waals surface area contributed by atoms with Crippen LogP contribution in [0, 0.1) is 0 Å². The van der Waals surface area contributed by atoms with Crippen molar-refractivity contribution in [3.63, 3.8) is 0 Å². The summed E-state index contributed by atoms with van der Waals surface area (Å²) in [5.41, 5.74) is 4.03. The summed E-state index contributed by atoms with van der Waals surface area (Å²) in [7, 11) is 0. The molecule has 57 heavy (non-hydrogen) atoms. The standard InChI is InChI=1S/C56H39N/c1-3-13-40(14-4-1)41-25-27-42(28-26-41)43-29-34-49(35-30-43)57(51-21-11-20-48(39-51)53-24-12-19-44-15-7-9-22-52(44)53)50-36-31-46(32-37-50)55-38-33-45-16-8-10-23-54(45)56(55)47-17-5-2-6-18-47/h1-39H/i2D,5D,6D,8D,10D,16D,17D,18D,23D,31D,32D,33D,36D,37D,38D. The van der Waals surface area contributed by atoms with Gasteiger partial charge in [-0.2, -0.15) is 0 Å². The van der Waals surface area contributed by atoms with Crippen LogP contribution in [-0.4, -0.2) is 0 Å². The highest BCUT2D eigenvalue weighted by atomic mass is 15.1. The lowest BCUT2D eigenvalue weighted by atomic mass is 9.90. The van der Waals surface area contributed by atoms with Gasteiger partial charge in [0.1, 0.15) is 0 Å². The van der Waals surface area contributed by atoms with Gasteiger partial charge in [-0.05, 0) is 114 Å². The van der Waals surface area contributed by atoms with Crippen LogP contribution >= 0.6 is 0 Å². The minimum atomic E-state index is -0.812. The third kappa shape index (κ3) is 6.66. The monoisotopic (exact) mass is 740 g/mol. The average molecular weight is 741 g/mol. The van der Waals surface area contributed by atoms with E-state index in [1.54, 1.807) is 11.0 Å². The molecule has 0 bridgehead atoms. The van der Waals surface area contributed by atoms with Crippen LogP contribution in [0.3, 0.4) is 0 Å². The van der Waals surface area contributed by atoms with Gasteiger partial charge in [-0.25, -0.2) is 0 Å². The van der Waals surface area contributed by atoms with Gasteiger partial charge in [-0.15, -0.1) is 0 Å². The summed E-state index contributed by atoms with van der Waals surface area (Å²) in [5, 5.41) is 1.01. The molecule has 0 unspecified atom stereocenters. The molecule has 10 aromatic rings. The van der Waals surface area contributed by atoms with Gasteiger partial charge < -0.3 is 4.90 Å². The van der Waals surface area contributed by atoms with Crippen molar-refractivity contribution in [1.29, 1.82) is 0 Å². The van der Waals surface area contributed by atoms with E-state index in [1.165, 1.54) is 0 Å². The second-order valence-electron chi connectivity index (χ2n) is 13.4. The summed E-state index contributed by atoms with van der Waals surface area (Å²) in [4.78, 5) is 1.60. The fourth-order valence-electron chi connectivity index (χ4n) is 7.25. The first-order chi connectivity index (χ1) is 34.5. The quantitative estimate of drug-likeness (QED) is 0.150. The van der Waals surface area contributed by atoms with Gasteiger partial charge in [0.2, 0.25) is 0 Å². The van der Waals surface area contributed by atoms with E-state index in [0.717, 1.165) is 44.2 Å². The average Bonchev–Trinajstić information content (AvgIpc) is 3.41. The third-order valence-electron chi connectivity index (χ3n) is 9.99. The first-order valence-corrected chi connectivity index (χ1v) is 18.4. The van der Waals surface area contributed by atoms with E-state index in [2.05, 4.69) is 0 Å². The number of fused-ring (bicyclic) bond motifs is 2. The summed E-state index contributed by atoms with van der Waals surface area (Å²) < 4.78 is 136. The van der Waals surface area contributed by atoms with Crippen molar-refractivity contribution >= 4 is 38.6 Å². The highest BCUT2D eigenvalue weighted by Crippen LogP contribution is 2.42. The van der Waals surface area contributed by atoms with E-state index < -0.39 is 124 Å². The molecule has 10 rings (SSSR count). The topological polar surface area (TPSA) is 3.24 Å². The minimum Gasteiger partial charge on any atom is -0.310 e. The molecule has 0 fully saturated rings. The summed E-state index contributed by atoms with van der Waals surface area (Å²) in [5.74, 6) is 0. The van der Waals surface area contributed by atoms with Gasteiger partial charge in [0.25, 0.3) is 0 Å². The predicted octanol–water partition coefficient (Wildman–Crippen LogP) is 15.8. The Kier molecular flexibility index (Phi) is 5.67. The van der Waals surface area contributed by atoms with Crippen LogP contribution in [0.1, 0.15) is 20.6 Å². The van der Waals surface area contributed by atoms with Crippen LogP contribution < -0.4 is 4.90 Å². The lowest BCUT2D eigenvalue weighted by Gasteiger charge is -2.27. The number of anilines is 3. The Morgan fingerprint density at radius 3 is 1.68 bits per heavy atom. The Morgan fingerprint density at radius 1 is 0.298 bits per heavy atom. The number of benzene rings is 10. The molecule has 0 heterocycles. The second kappa shape index (κ2) is 15.0. The van der Waals surface area contributed by atoms with Gasteiger partial charge in [-0.3, -0.25) is 0 Å². The van der Waals surface area contributed by atoms with E-state index in [1.807, 2.05) is 140 Å². The maximum absolute atomic E-state index is 9.81. The molecule has 0 amide bonds. The zero-order valence-electron chi connectivity index (χ0n) is 45.3. The van der Waals surface area contributed by atoms with Gasteiger partial charge >= 0.3 is 0 Å². The number of nitrogens with zero attached hydrogens (tertiary/aromatic N) is 1. The van der Waals surface area contributed by atoms with Crippen molar-refractivity contribution < 1.29 is 20.6 Å². The van der Waals surface area contributed by atoms with Crippen molar-refractivity contribution in [3.8, 4) is 55.6 Å². The second-order valence-corrected chi connectivity index (χ2v) is 13.4. The molecule has 0 aromatic heterocycles. The van der Waals surface area contributed by atoms with Crippen molar-refractivity contribution in [3.05, 3.63) is 236 Å². The summed E-state index contributed by atoms with van der Waals surface area (Å²) >= 11 is 0. The fraction of sp³-hybridized carbons (Fsp3) is 0. The van der Waals surface area contributed by atoms with Crippen molar-refractivity contribution in [1.82, 2.24) is 0 Å². The first kappa shape index (κ1) is 21.6. The summed E-state index contributed by atoms with van der Waals surface area (Å²) in [6.45, 7) is 0. The van der Waals surface area contributed by atoms with Gasteiger partial charge in [0.15, 0.2) is 0 Å². The Balaban J connectivity index is 1.23. The Bertz CT molecular complexity index is 3800. The highest BCUT2D eigenvalue weighted by Gasteiger charge is 2.17. The summed E-state index contributed by atoms with van der Waals surface area (Å²) in [6, 6.07) is 35.6. The Hall–Kier alpha value is -7.48. The first-order valence-electron chi connectivity index (χ1n) is 25.9. The third-order valence-corrected chi connectivity index (χ3v) is 9.99. The van der Waals surface area contributed by atoms with Crippen LogP contribution in [0.4, 0.5) is 17.1 Å². The van der Waals surface area contributed by atoms with Crippen LogP contribution in [0.25, 0.3) is 77.2 Å². The van der Waals surface area contributed by atoms with Gasteiger partial charge in [0, 0.05) is 17.1 Å². The molecule has 0 N–H and O–H groups in total. The SMILES string of the molecule is [2H]c1c([2H])c([2H])c(-c2c(-c3c([2H])c([2H])c(N(c4ccc(-c5ccc(-c6ccccc6)cc5)cc4)c4cccc(-c5cccc6ccccc56)c4)c([2H])c3[2H])c([2H])c([2H])c3c([2H])c([2H])c([2H])c([2H])c23)c([2H])c1[2H]. The molecule has 0 aliphatic rings. The molecule has 1 heteroatoms.